The van der Waals surface area contributed by atoms with E-state index in [1.54, 1.807) is 6.33 Å². The van der Waals surface area contributed by atoms with Gasteiger partial charge in [0.05, 0.1) is 18.6 Å². The zero-order chi connectivity index (χ0) is 16.6. The molecule has 9 nitrogen and oxygen atoms in total. The summed E-state index contributed by atoms with van der Waals surface area (Å²) in [4.78, 5) is 30.4. The highest BCUT2D eigenvalue weighted by atomic mass is 31.2. The standard InChI is InChI=1S/C13H19N4O5P/c1-8-12-13(15-6-14-8)17(7-16-12)11-2-9(4-18)10(3-11)5-22-23(19,20)21/h6-7,9-11,18H,2-5H2,1H3,(H2,19,20,21)/t9-,10+,11-/m1/s1. The molecular formula is C13H19N4O5P. The largest absolute Gasteiger partial charge is 0.469 e. The molecule has 2 heterocycles. The summed E-state index contributed by atoms with van der Waals surface area (Å²) in [6.45, 7) is 1.74. The van der Waals surface area contributed by atoms with Crippen LogP contribution in [-0.4, -0.2) is 47.6 Å². The number of nitrogens with zero attached hydrogens (tertiary/aromatic N) is 4. The first-order chi connectivity index (χ1) is 10.9. The summed E-state index contributed by atoms with van der Waals surface area (Å²) in [5.74, 6) is -0.204. The molecule has 23 heavy (non-hydrogen) atoms. The number of aromatic nitrogens is 4. The van der Waals surface area contributed by atoms with Crippen molar-refractivity contribution in [1.82, 2.24) is 19.5 Å². The maximum absolute atomic E-state index is 10.9. The lowest BCUT2D eigenvalue weighted by Gasteiger charge is -2.16. The zero-order valence-corrected chi connectivity index (χ0v) is 13.5. The summed E-state index contributed by atoms with van der Waals surface area (Å²) in [5.41, 5.74) is 2.27. The maximum Gasteiger partial charge on any atom is 0.469 e. The molecule has 0 bridgehead atoms. The third kappa shape index (κ3) is 3.44. The van der Waals surface area contributed by atoms with Gasteiger partial charge in [-0.05, 0) is 31.6 Å². The molecule has 3 atom stereocenters. The van der Waals surface area contributed by atoms with Gasteiger partial charge in [0.15, 0.2) is 5.65 Å². The molecule has 0 unspecified atom stereocenters. The molecule has 3 N–H and O–H groups in total. The van der Waals surface area contributed by atoms with E-state index in [-0.39, 0.29) is 31.1 Å². The number of aryl methyl sites for hydroxylation is 1. The predicted octanol–water partition coefficient (Wildman–Crippen LogP) is 0.804. The molecule has 10 heteroatoms. The fourth-order valence-electron chi connectivity index (χ4n) is 3.26. The Morgan fingerprint density at radius 1 is 1.30 bits per heavy atom. The highest BCUT2D eigenvalue weighted by Gasteiger charge is 2.36. The molecule has 0 spiro atoms. The Bertz CT molecular complexity index is 745. The molecule has 1 fully saturated rings. The molecule has 0 aromatic carbocycles. The van der Waals surface area contributed by atoms with Gasteiger partial charge in [-0.2, -0.15) is 0 Å². The van der Waals surface area contributed by atoms with Crippen LogP contribution in [0.2, 0.25) is 0 Å². The smallest absolute Gasteiger partial charge is 0.396 e. The summed E-state index contributed by atoms with van der Waals surface area (Å²) in [5, 5.41) is 9.54. The first-order valence-electron chi connectivity index (χ1n) is 7.34. The Labute approximate surface area is 132 Å². The van der Waals surface area contributed by atoms with Gasteiger partial charge in [-0.15, -0.1) is 0 Å². The lowest BCUT2D eigenvalue weighted by atomic mass is 9.98. The number of phosphoric ester groups is 1. The maximum atomic E-state index is 10.9. The van der Waals surface area contributed by atoms with Gasteiger partial charge in [0.25, 0.3) is 0 Å². The molecule has 126 valence electrons. The van der Waals surface area contributed by atoms with Crippen LogP contribution in [0.25, 0.3) is 11.2 Å². The van der Waals surface area contributed by atoms with Crippen LogP contribution in [0.1, 0.15) is 24.6 Å². The van der Waals surface area contributed by atoms with E-state index >= 15 is 0 Å². The quantitative estimate of drug-likeness (QED) is 0.680. The Kier molecular flexibility index (Phi) is 4.48. The minimum absolute atomic E-state index is 0.0493. The van der Waals surface area contributed by atoms with E-state index in [1.807, 2.05) is 11.5 Å². The predicted molar refractivity (Wildman–Crippen MR) is 80.4 cm³/mol. The third-order valence-electron chi connectivity index (χ3n) is 4.44. The summed E-state index contributed by atoms with van der Waals surface area (Å²) in [7, 11) is -4.50. The molecule has 1 aliphatic rings. The van der Waals surface area contributed by atoms with E-state index in [4.69, 9.17) is 9.79 Å². The second-order valence-corrected chi connectivity index (χ2v) is 7.14. The van der Waals surface area contributed by atoms with Crippen molar-refractivity contribution in [1.29, 1.82) is 0 Å². The monoisotopic (exact) mass is 342 g/mol. The SMILES string of the molecule is Cc1ncnc2c1ncn2[C@H]1C[C@@H](COP(=O)(O)O)[C@@H](CO)C1. The van der Waals surface area contributed by atoms with E-state index in [0.717, 1.165) is 16.9 Å². The number of phosphoric acid groups is 1. The van der Waals surface area contributed by atoms with Gasteiger partial charge in [0.1, 0.15) is 11.8 Å². The molecular weight excluding hydrogens is 323 g/mol. The van der Waals surface area contributed by atoms with Crippen LogP contribution >= 0.6 is 7.82 Å². The lowest BCUT2D eigenvalue weighted by Crippen LogP contribution is -2.17. The zero-order valence-electron chi connectivity index (χ0n) is 12.6. The molecule has 1 saturated carbocycles. The third-order valence-corrected chi connectivity index (χ3v) is 4.93. The van der Waals surface area contributed by atoms with E-state index in [9.17, 15) is 9.67 Å². The summed E-state index contributed by atoms with van der Waals surface area (Å²) < 4.78 is 17.5. The number of imidazole rings is 1. The van der Waals surface area contributed by atoms with Crippen LogP contribution < -0.4 is 0 Å². The van der Waals surface area contributed by atoms with Crippen LogP contribution in [0.5, 0.6) is 0 Å². The fraction of sp³-hybridized carbons (Fsp3) is 0.615. The van der Waals surface area contributed by atoms with E-state index in [1.165, 1.54) is 6.33 Å². The first kappa shape index (κ1) is 16.5. The van der Waals surface area contributed by atoms with Crippen molar-refractivity contribution in [3.8, 4) is 0 Å². The normalized spacial score (nSPS) is 25.3. The molecule has 2 aromatic heterocycles. The summed E-state index contributed by atoms with van der Waals surface area (Å²) in [6.07, 6.45) is 4.51. The molecule has 0 aliphatic heterocycles. The molecule has 0 amide bonds. The average Bonchev–Trinajstić information content (AvgIpc) is 3.08. The van der Waals surface area contributed by atoms with Gasteiger partial charge >= 0.3 is 7.82 Å². The van der Waals surface area contributed by atoms with Crippen molar-refractivity contribution in [3.05, 3.63) is 18.3 Å². The minimum atomic E-state index is -4.50. The first-order valence-corrected chi connectivity index (χ1v) is 8.87. The van der Waals surface area contributed by atoms with E-state index in [2.05, 4.69) is 19.5 Å². The van der Waals surface area contributed by atoms with Crippen molar-refractivity contribution in [2.45, 2.75) is 25.8 Å². The van der Waals surface area contributed by atoms with Crippen LogP contribution in [-0.2, 0) is 9.09 Å². The molecule has 0 saturated heterocycles. The Hall–Kier alpha value is -1.38. The van der Waals surface area contributed by atoms with Crippen LogP contribution in [0.3, 0.4) is 0 Å². The van der Waals surface area contributed by atoms with Crippen molar-refractivity contribution in [3.63, 3.8) is 0 Å². The van der Waals surface area contributed by atoms with Crippen LogP contribution in [0.4, 0.5) is 0 Å². The van der Waals surface area contributed by atoms with E-state index in [0.29, 0.717) is 12.8 Å². The molecule has 3 rings (SSSR count). The van der Waals surface area contributed by atoms with Crippen molar-refractivity contribution in [2.75, 3.05) is 13.2 Å². The van der Waals surface area contributed by atoms with E-state index < -0.39 is 7.82 Å². The Morgan fingerprint density at radius 3 is 2.74 bits per heavy atom. The number of fused-ring (bicyclic) bond motifs is 1. The second-order valence-electron chi connectivity index (χ2n) is 5.90. The topological polar surface area (TPSA) is 131 Å². The summed E-state index contributed by atoms with van der Waals surface area (Å²) in [6, 6.07) is 0.0526. The van der Waals surface area contributed by atoms with Gasteiger partial charge in [-0.1, -0.05) is 0 Å². The molecule has 1 aliphatic carbocycles. The summed E-state index contributed by atoms with van der Waals surface area (Å²) >= 11 is 0. The van der Waals surface area contributed by atoms with Gasteiger partial charge in [-0.3, -0.25) is 4.52 Å². The van der Waals surface area contributed by atoms with Crippen molar-refractivity contribution < 1.29 is 24.0 Å². The van der Waals surface area contributed by atoms with Gasteiger partial charge in [0, 0.05) is 12.6 Å². The van der Waals surface area contributed by atoms with Crippen LogP contribution in [0.15, 0.2) is 12.7 Å². The number of rotatable bonds is 5. The fourth-order valence-corrected chi connectivity index (χ4v) is 3.65. The minimum Gasteiger partial charge on any atom is -0.396 e. The van der Waals surface area contributed by atoms with Gasteiger partial charge in [-0.25, -0.2) is 19.5 Å². The molecule has 2 aromatic rings. The number of hydrogen-bond donors (Lipinski definition) is 3. The lowest BCUT2D eigenvalue weighted by molar-refractivity contribution is 0.124. The highest BCUT2D eigenvalue weighted by molar-refractivity contribution is 7.46. The Morgan fingerprint density at radius 2 is 2.04 bits per heavy atom. The number of hydrogen-bond acceptors (Lipinski definition) is 6. The van der Waals surface area contributed by atoms with Crippen molar-refractivity contribution in [2.24, 2.45) is 11.8 Å². The van der Waals surface area contributed by atoms with Crippen molar-refractivity contribution >= 4 is 19.0 Å². The van der Waals surface area contributed by atoms with Crippen LogP contribution in [0, 0.1) is 18.8 Å². The average molecular weight is 342 g/mol. The Balaban J connectivity index is 1.81. The number of aliphatic hydroxyl groups is 1. The number of aliphatic hydroxyl groups excluding tert-OH is 1. The highest BCUT2D eigenvalue weighted by Crippen LogP contribution is 2.44. The van der Waals surface area contributed by atoms with Gasteiger partial charge in [0.2, 0.25) is 0 Å². The molecule has 0 radical (unpaired) electrons. The van der Waals surface area contributed by atoms with Gasteiger partial charge < -0.3 is 19.5 Å². The second kappa shape index (κ2) is 6.26.